The molecule has 0 amide bonds. The molecule has 130 valence electrons. The van der Waals surface area contributed by atoms with E-state index in [0.29, 0.717) is 12.5 Å². The molecule has 0 aromatic heterocycles. The average Bonchev–Trinajstić information content (AvgIpc) is 2.54. The van der Waals surface area contributed by atoms with E-state index in [1.807, 2.05) is 18.2 Å². The zero-order valence-corrected chi connectivity index (χ0v) is 15.0. The third-order valence-corrected chi connectivity index (χ3v) is 3.44. The van der Waals surface area contributed by atoms with Crippen molar-refractivity contribution in [3.05, 3.63) is 35.9 Å². The number of hydrogen-bond donors (Lipinski definition) is 2. The van der Waals surface area contributed by atoms with E-state index in [0.717, 1.165) is 51.5 Å². The van der Waals surface area contributed by atoms with Crippen LogP contribution in [0, 0.1) is 5.92 Å². The molecule has 0 spiro atoms. The predicted molar refractivity (Wildman–Crippen MR) is 98.8 cm³/mol. The van der Waals surface area contributed by atoms with Crippen molar-refractivity contribution in [2.24, 2.45) is 10.9 Å². The van der Waals surface area contributed by atoms with E-state index in [9.17, 15) is 0 Å². The lowest BCUT2D eigenvalue weighted by molar-refractivity contribution is 0.117. The highest BCUT2D eigenvalue weighted by atomic mass is 16.5. The number of guanidine groups is 1. The molecule has 4 nitrogen and oxygen atoms in total. The Kier molecular flexibility index (Phi) is 11.0. The molecule has 0 fully saturated rings. The van der Waals surface area contributed by atoms with E-state index >= 15 is 0 Å². The van der Waals surface area contributed by atoms with Gasteiger partial charge in [0.1, 0.15) is 0 Å². The highest BCUT2D eigenvalue weighted by Crippen LogP contribution is 2.01. The maximum atomic E-state index is 5.69. The van der Waals surface area contributed by atoms with Crippen LogP contribution in [0.3, 0.4) is 0 Å². The zero-order chi connectivity index (χ0) is 16.8. The topological polar surface area (TPSA) is 45.7 Å². The third kappa shape index (κ3) is 10.7. The summed E-state index contributed by atoms with van der Waals surface area (Å²) in [5.74, 6) is 1.64. The summed E-state index contributed by atoms with van der Waals surface area (Å²) in [5, 5.41) is 6.67. The summed E-state index contributed by atoms with van der Waals surface area (Å²) in [6, 6.07) is 10.3. The first-order valence-corrected chi connectivity index (χ1v) is 8.86. The van der Waals surface area contributed by atoms with Gasteiger partial charge >= 0.3 is 0 Å². The van der Waals surface area contributed by atoms with Crippen LogP contribution in [0.4, 0.5) is 0 Å². The van der Waals surface area contributed by atoms with Gasteiger partial charge in [0.05, 0.1) is 6.61 Å². The van der Waals surface area contributed by atoms with E-state index in [-0.39, 0.29) is 0 Å². The highest BCUT2D eigenvalue weighted by Gasteiger charge is 1.98. The minimum atomic E-state index is 0.698. The number of benzene rings is 1. The number of hydrogen-bond acceptors (Lipinski definition) is 2. The summed E-state index contributed by atoms with van der Waals surface area (Å²) in [7, 11) is 0. The molecule has 0 aliphatic heterocycles. The van der Waals surface area contributed by atoms with Gasteiger partial charge in [-0.15, -0.1) is 0 Å². The van der Waals surface area contributed by atoms with Gasteiger partial charge in [0.2, 0.25) is 0 Å². The van der Waals surface area contributed by atoms with Crippen LogP contribution in [0.25, 0.3) is 0 Å². The van der Waals surface area contributed by atoms with Crippen LogP contribution in [0.5, 0.6) is 0 Å². The van der Waals surface area contributed by atoms with Gasteiger partial charge in [0.15, 0.2) is 5.96 Å². The Hall–Kier alpha value is -1.55. The average molecular weight is 319 g/mol. The van der Waals surface area contributed by atoms with E-state index < -0.39 is 0 Å². The first-order chi connectivity index (χ1) is 11.2. The van der Waals surface area contributed by atoms with Crippen LogP contribution in [0.15, 0.2) is 35.3 Å². The molecule has 0 atom stereocenters. The normalized spacial score (nSPS) is 11.7. The largest absolute Gasteiger partial charge is 0.377 e. The summed E-state index contributed by atoms with van der Waals surface area (Å²) in [6.45, 7) is 10.8. The smallest absolute Gasteiger partial charge is 0.191 e. The summed E-state index contributed by atoms with van der Waals surface area (Å²) in [5.41, 5.74) is 1.23. The molecule has 0 saturated heterocycles. The molecule has 0 radical (unpaired) electrons. The van der Waals surface area contributed by atoms with Crippen molar-refractivity contribution in [1.82, 2.24) is 10.6 Å². The summed E-state index contributed by atoms with van der Waals surface area (Å²) < 4.78 is 5.69. The number of unbranched alkanes of at least 4 members (excludes halogenated alkanes) is 1. The molecular formula is C19H33N3O. The second-order valence-electron chi connectivity index (χ2n) is 6.12. The standard InChI is InChI=1S/C19H33N3O/c1-4-20-19(22-14-12-17(2)3)21-13-8-9-15-23-16-18-10-6-5-7-11-18/h5-7,10-11,17H,4,8-9,12-16H2,1-3H3,(H2,20,21,22). The quantitative estimate of drug-likeness (QED) is 0.372. The van der Waals surface area contributed by atoms with Crippen LogP contribution in [-0.4, -0.2) is 32.2 Å². The van der Waals surface area contributed by atoms with Crippen LogP contribution in [-0.2, 0) is 11.3 Å². The number of nitrogens with one attached hydrogen (secondary N) is 2. The maximum absolute atomic E-state index is 5.69. The zero-order valence-electron chi connectivity index (χ0n) is 15.0. The number of ether oxygens (including phenoxy) is 1. The van der Waals surface area contributed by atoms with Crippen molar-refractivity contribution < 1.29 is 4.74 Å². The van der Waals surface area contributed by atoms with Crippen molar-refractivity contribution in [2.75, 3.05) is 26.2 Å². The Morgan fingerprint density at radius 3 is 2.61 bits per heavy atom. The minimum Gasteiger partial charge on any atom is -0.377 e. The Morgan fingerprint density at radius 1 is 1.13 bits per heavy atom. The monoisotopic (exact) mass is 319 g/mol. The predicted octanol–water partition coefficient (Wildman–Crippen LogP) is 3.58. The second-order valence-corrected chi connectivity index (χ2v) is 6.12. The van der Waals surface area contributed by atoms with Gasteiger partial charge < -0.3 is 15.4 Å². The van der Waals surface area contributed by atoms with Crippen molar-refractivity contribution in [3.63, 3.8) is 0 Å². The third-order valence-electron chi connectivity index (χ3n) is 3.44. The molecule has 4 heteroatoms. The molecule has 0 aliphatic rings. The molecule has 0 bridgehead atoms. The van der Waals surface area contributed by atoms with Gasteiger partial charge in [-0.3, -0.25) is 4.99 Å². The molecule has 0 aliphatic carbocycles. The number of rotatable bonds is 11. The van der Waals surface area contributed by atoms with Crippen molar-refractivity contribution in [2.45, 2.75) is 46.6 Å². The van der Waals surface area contributed by atoms with Crippen molar-refractivity contribution in [1.29, 1.82) is 0 Å². The first kappa shape index (κ1) is 19.5. The van der Waals surface area contributed by atoms with Gasteiger partial charge in [-0.1, -0.05) is 44.2 Å². The number of aliphatic imine (C=N–C) groups is 1. The van der Waals surface area contributed by atoms with E-state index in [2.05, 4.69) is 48.5 Å². The van der Waals surface area contributed by atoms with Crippen LogP contribution in [0.2, 0.25) is 0 Å². The Labute approximate surface area is 141 Å². The Morgan fingerprint density at radius 2 is 1.91 bits per heavy atom. The minimum absolute atomic E-state index is 0.698. The summed E-state index contributed by atoms with van der Waals surface area (Å²) >= 11 is 0. The SMILES string of the molecule is CCNC(=NCCCCOCc1ccccc1)NCCC(C)C. The lowest BCUT2D eigenvalue weighted by atomic mass is 10.1. The molecular weight excluding hydrogens is 286 g/mol. The van der Waals surface area contributed by atoms with Crippen LogP contribution >= 0.6 is 0 Å². The van der Waals surface area contributed by atoms with Gasteiger partial charge in [0.25, 0.3) is 0 Å². The lowest BCUT2D eigenvalue weighted by Crippen LogP contribution is -2.38. The Balaban J connectivity index is 2.09. The van der Waals surface area contributed by atoms with Gasteiger partial charge in [-0.05, 0) is 37.7 Å². The van der Waals surface area contributed by atoms with Crippen LogP contribution < -0.4 is 10.6 Å². The van der Waals surface area contributed by atoms with Gasteiger partial charge in [-0.2, -0.15) is 0 Å². The van der Waals surface area contributed by atoms with Gasteiger partial charge in [-0.25, -0.2) is 0 Å². The van der Waals surface area contributed by atoms with Gasteiger partial charge in [0, 0.05) is 26.2 Å². The van der Waals surface area contributed by atoms with E-state index in [1.54, 1.807) is 0 Å². The highest BCUT2D eigenvalue weighted by molar-refractivity contribution is 5.79. The molecule has 2 N–H and O–H groups in total. The van der Waals surface area contributed by atoms with E-state index in [1.165, 1.54) is 5.56 Å². The molecule has 1 aromatic carbocycles. The van der Waals surface area contributed by atoms with Crippen LogP contribution in [0.1, 0.15) is 45.6 Å². The second kappa shape index (κ2) is 12.9. The maximum Gasteiger partial charge on any atom is 0.191 e. The molecule has 0 heterocycles. The Bertz CT molecular complexity index is 418. The molecule has 23 heavy (non-hydrogen) atoms. The summed E-state index contributed by atoms with van der Waals surface area (Å²) in [6.07, 6.45) is 3.26. The van der Waals surface area contributed by atoms with Crippen molar-refractivity contribution in [3.8, 4) is 0 Å². The molecule has 0 unspecified atom stereocenters. The fourth-order valence-electron chi connectivity index (χ4n) is 2.09. The fraction of sp³-hybridized carbons (Fsp3) is 0.632. The van der Waals surface area contributed by atoms with Crippen molar-refractivity contribution >= 4 is 5.96 Å². The summed E-state index contributed by atoms with van der Waals surface area (Å²) in [4.78, 5) is 4.60. The van der Waals surface area contributed by atoms with E-state index in [4.69, 9.17) is 4.74 Å². The number of nitrogens with zero attached hydrogens (tertiary/aromatic N) is 1. The molecule has 1 rings (SSSR count). The molecule has 1 aromatic rings. The molecule has 0 saturated carbocycles. The lowest BCUT2D eigenvalue weighted by Gasteiger charge is -2.12. The fourth-order valence-corrected chi connectivity index (χ4v) is 2.09. The first-order valence-electron chi connectivity index (χ1n) is 8.86.